The Morgan fingerprint density at radius 2 is 2.00 bits per heavy atom. The Hall–Kier alpha value is -1.15. The molecule has 0 aliphatic rings. The molecular weight excluding hydrogens is 163 g/mol. The number of likely N-dealkylation sites (N-methyl/N-ethyl adjacent to an activating group) is 1. The van der Waals surface area contributed by atoms with E-state index in [1.807, 2.05) is 44.2 Å². The first kappa shape index (κ1) is 9.93. The maximum Gasteiger partial charge on any atom is 0.179 e. The van der Waals surface area contributed by atoms with E-state index in [0.29, 0.717) is 0 Å². The average Bonchev–Trinajstić information content (AvgIpc) is 2.18. The third-order valence-corrected chi connectivity index (χ3v) is 1.96. The molecule has 1 N–H and O–H groups in total. The van der Waals surface area contributed by atoms with Gasteiger partial charge in [-0.05, 0) is 13.5 Å². The quantitative estimate of drug-likeness (QED) is 0.713. The van der Waals surface area contributed by atoms with Gasteiger partial charge in [-0.25, -0.2) is 0 Å². The van der Waals surface area contributed by atoms with Gasteiger partial charge in [-0.15, -0.1) is 0 Å². The minimum atomic E-state index is -0.0904. The first-order valence-corrected chi connectivity index (χ1v) is 4.58. The molecule has 0 fully saturated rings. The summed E-state index contributed by atoms with van der Waals surface area (Å²) in [7, 11) is 0. The van der Waals surface area contributed by atoms with Gasteiger partial charge in [0, 0.05) is 5.56 Å². The fourth-order valence-electron chi connectivity index (χ4n) is 1.25. The van der Waals surface area contributed by atoms with Crippen LogP contribution in [-0.4, -0.2) is 18.4 Å². The first-order chi connectivity index (χ1) is 6.25. The number of rotatable bonds is 4. The summed E-state index contributed by atoms with van der Waals surface area (Å²) in [5.74, 6) is 0.155. The summed E-state index contributed by atoms with van der Waals surface area (Å²) in [4.78, 5) is 11.7. The van der Waals surface area contributed by atoms with Gasteiger partial charge in [0.1, 0.15) is 0 Å². The smallest absolute Gasteiger partial charge is 0.179 e. The predicted octanol–water partition coefficient (Wildman–Crippen LogP) is 1.87. The average molecular weight is 178 g/mol. The van der Waals surface area contributed by atoms with Crippen LogP contribution in [0.1, 0.15) is 24.2 Å². The number of nitrogens with one attached hydrogen (secondary N) is 1. The summed E-state index contributed by atoms with van der Waals surface area (Å²) < 4.78 is 0. The second-order valence-corrected chi connectivity index (χ2v) is 3.01. The van der Waals surface area contributed by atoms with Crippen molar-refractivity contribution < 1.29 is 4.79 Å². The standard InChI is InChI=1S/C11H15NO/c1-3-12-9(2)11(13)10-7-5-4-6-8-10/h4-9,12H,3H2,1-2H3/i7+1. The van der Waals surface area contributed by atoms with E-state index >= 15 is 0 Å². The highest BCUT2D eigenvalue weighted by molar-refractivity contribution is 5.99. The molecule has 13 heavy (non-hydrogen) atoms. The maximum atomic E-state index is 11.7. The van der Waals surface area contributed by atoms with E-state index in [2.05, 4.69) is 5.32 Å². The van der Waals surface area contributed by atoms with E-state index in [0.717, 1.165) is 12.1 Å². The molecule has 1 aromatic rings. The topological polar surface area (TPSA) is 29.1 Å². The van der Waals surface area contributed by atoms with E-state index in [1.165, 1.54) is 0 Å². The van der Waals surface area contributed by atoms with Crippen LogP contribution in [0.2, 0.25) is 0 Å². The monoisotopic (exact) mass is 178 g/mol. The molecule has 0 amide bonds. The van der Waals surface area contributed by atoms with E-state index < -0.39 is 0 Å². The molecule has 1 atom stereocenters. The molecule has 0 heterocycles. The Bertz CT molecular complexity index is 269. The second-order valence-electron chi connectivity index (χ2n) is 3.01. The van der Waals surface area contributed by atoms with Crippen molar-refractivity contribution in [1.29, 1.82) is 0 Å². The van der Waals surface area contributed by atoms with Crippen molar-refractivity contribution in [3.63, 3.8) is 0 Å². The number of carbonyl (C=O) groups is 1. The Balaban J connectivity index is 2.68. The Morgan fingerprint density at radius 3 is 2.54 bits per heavy atom. The summed E-state index contributed by atoms with van der Waals surface area (Å²) in [6.45, 7) is 4.70. The zero-order valence-corrected chi connectivity index (χ0v) is 8.08. The molecule has 70 valence electrons. The number of hydrogen-bond donors (Lipinski definition) is 1. The van der Waals surface area contributed by atoms with Gasteiger partial charge in [-0.1, -0.05) is 37.3 Å². The van der Waals surface area contributed by atoms with E-state index in [-0.39, 0.29) is 11.8 Å². The Labute approximate surface area is 79.0 Å². The molecule has 0 saturated carbocycles. The van der Waals surface area contributed by atoms with Gasteiger partial charge in [-0.2, -0.15) is 0 Å². The number of ketones is 1. The van der Waals surface area contributed by atoms with Crippen LogP contribution >= 0.6 is 0 Å². The Kier molecular flexibility index (Phi) is 3.65. The van der Waals surface area contributed by atoms with Crippen LogP contribution in [0, 0.1) is 0 Å². The van der Waals surface area contributed by atoms with Crippen LogP contribution in [0.25, 0.3) is 0 Å². The molecule has 0 aromatic heterocycles. The number of hydrogen-bond acceptors (Lipinski definition) is 2. The molecule has 1 aromatic carbocycles. The van der Waals surface area contributed by atoms with Gasteiger partial charge in [0.15, 0.2) is 5.78 Å². The van der Waals surface area contributed by atoms with Gasteiger partial charge in [-0.3, -0.25) is 4.79 Å². The minimum absolute atomic E-state index is 0.0904. The third-order valence-electron chi connectivity index (χ3n) is 1.96. The molecule has 0 spiro atoms. The zero-order chi connectivity index (χ0) is 9.68. The maximum absolute atomic E-state index is 11.7. The van der Waals surface area contributed by atoms with Crippen molar-refractivity contribution in [3.05, 3.63) is 35.9 Å². The molecule has 1 unspecified atom stereocenters. The van der Waals surface area contributed by atoms with Gasteiger partial charge in [0.05, 0.1) is 6.04 Å². The van der Waals surface area contributed by atoms with Crippen molar-refractivity contribution >= 4 is 5.78 Å². The number of carbonyl (C=O) groups excluding carboxylic acids is 1. The van der Waals surface area contributed by atoms with E-state index in [1.54, 1.807) is 0 Å². The highest BCUT2D eigenvalue weighted by Crippen LogP contribution is 2.02. The molecule has 0 radical (unpaired) electrons. The Morgan fingerprint density at radius 1 is 1.38 bits per heavy atom. The van der Waals surface area contributed by atoms with Crippen LogP contribution in [0.5, 0.6) is 0 Å². The van der Waals surface area contributed by atoms with E-state index in [9.17, 15) is 4.79 Å². The van der Waals surface area contributed by atoms with Crippen LogP contribution in [0.15, 0.2) is 30.3 Å². The fraction of sp³-hybridized carbons (Fsp3) is 0.364. The first-order valence-electron chi connectivity index (χ1n) is 4.58. The van der Waals surface area contributed by atoms with Crippen LogP contribution in [0.3, 0.4) is 0 Å². The fourth-order valence-corrected chi connectivity index (χ4v) is 1.25. The summed E-state index contributed by atoms with van der Waals surface area (Å²) in [5.41, 5.74) is 0.774. The second kappa shape index (κ2) is 4.77. The van der Waals surface area contributed by atoms with Crippen molar-refractivity contribution in [2.45, 2.75) is 19.9 Å². The lowest BCUT2D eigenvalue weighted by molar-refractivity contribution is 0.0952. The van der Waals surface area contributed by atoms with Crippen molar-refractivity contribution in [2.75, 3.05) is 6.54 Å². The highest BCUT2D eigenvalue weighted by atomic mass is 16.1. The van der Waals surface area contributed by atoms with Gasteiger partial charge >= 0.3 is 0 Å². The summed E-state index contributed by atoms with van der Waals surface area (Å²) in [6.07, 6.45) is 0. The summed E-state index contributed by atoms with van der Waals surface area (Å²) >= 11 is 0. The number of benzene rings is 1. The van der Waals surface area contributed by atoms with Gasteiger partial charge in [0.2, 0.25) is 0 Å². The van der Waals surface area contributed by atoms with Crippen molar-refractivity contribution in [2.24, 2.45) is 0 Å². The predicted molar refractivity (Wildman–Crippen MR) is 53.9 cm³/mol. The molecule has 0 aliphatic carbocycles. The molecule has 2 heteroatoms. The SMILES string of the molecule is CCNC(C)C(=O)c1cccc[13cH]1. The zero-order valence-electron chi connectivity index (χ0n) is 8.08. The molecule has 0 bridgehead atoms. The largest absolute Gasteiger partial charge is 0.308 e. The number of Topliss-reactive ketones (excluding diaryl/α,β-unsaturated/α-hetero) is 1. The van der Waals surface area contributed by atoms with E-state index in [4.69, 9.17) is 0 Å². The van der Waals surface area contributed by atoms with Crippen LogP contribution in [-0.2, 0) is 0 Å². The van der Waals surface area contributed by atoms with Crippen LogP contribution in [0.4, 0.5) is 0 Å². The van der Waals surface area contributed by atoms with Crippen molar-refractivity contribution in [3.8, 4) is 0 Å². The van der Waals surface area contributed by atoms with Gasteiger partial charge in [0.25, 0.3) is 0 Å². The molecule has 2 nitrogen and oxygen atoms in total. The van der Waals surface area contributed by atoms with Crippen molar-refractivity contribution in [1.82, 2.24) is 5.32 Å². The highest BCUT2D eigenvalue weighted by Gasteiger charge is 2.12. The minimum Gasteiger partial charge on any atom is -0.308 e. The lowest BCUT2D eigenvalue weighted by Gasteiger charge is -2.10. The van der Waals surface area contributed by atoms with Gasteiger partial charge < -0.3 is 5.32 Å². The van der Waals surface area contributed by atoms with Crippen LogP contribution < -0.4 is 5.32 Å². The summed E-state index contributed by atoms with van der Waals surface area (Å²) in [5, 5.41) is 3.09. The molecular formula is C11H15NO. The lowest BCUT2D eigenvalue weighted by atomic mass is 10.1. The normalized spacial score (nSPS) is 12.5. The third kappa shape index (κ3) is 2.67. The molecule has 0 saturated heterocycles. The molecule has 0 aliphatic heterocycles. The lowest BCUT2D eigenvalue weighted by Crippen LogP contribution is -2.33. The summed E-state index contributed by atoms with van der Waals surface area (Å²) in [6, 6.07) is 9.27. The molecule has 1 rings (SSSR count).